The number of hydrogen-bond donors (Lipinski definition) is 2. The summed E-state index contributed by atoms with van der Waals surface area (Å²) < 4.78 is 50.5. The molecule has 2 atom stereocenters. The Morgan fingerprint density at radius 3 is 2.65 bits per heavy atom. The minimum atomic E-state index is -1.61. The van der Waals surface area contributed by atoms with E-state index in [0.29, 0.717) is 18.0 Å². The van der Waals surface area contributed by atoms with Crippen molar-refractivity contribution >= 4 is 11.6 Å². The van der Waals surface area contributed by atoms with Gasteiger partial charge in [-0.3, -0.25) is 4.79 Å². The van der Waals surface area contributed by atoms with Crippen LogP contribution in [0.3, 0.4) is 0 Å². The number of rotatable bonds is 5. The topological polar surface area (TPSA) is 52.0 Å². The molecule has 26 heavy (non-hydrogen) atoms. The lowest BCUT2D eigenvalue weighted by Crippen LogP contribution is -3.12. The predicted octanol–water partition coefficient (Wildman–Crippen LogP) is 1.87. The zero-order chi connectivity index (χ0) is 18.8. The number of carbonyl (C=O) groups is 1. The Morgan fingerprint density at radius 1 is 1.15 bits per heavy atom. The van der Waals surface area contributed by atoms with Gasteiger partial charge in [0, 0.05) is 5.56 Å². The van der Waals surface area contributed by atoms with Crippen LogP contribution in [0.25, 0.3) is 0 Å². The molecule has 0 fully saturated rings. The number of anilines is 1. The van der Waals surface area contributed by atoms with Crippen molar-refractivity contribution in [2.45, 2.75) is 19.5 Å². The lowest BCUT2D eigenvalue weighted by atomic mass is 10.1. The van der Waals surface area contributed by atoms with E-state index in [4.69, 9.17) is 9.47 Å². The molecule has 1 aliphatic heterocycles. The highest BCUT2D eigenvalue weighted by Crippen LogP contribution is 2.32. The minimum Gasteiger partial charge on any atom is -0.454 e. The van der Waals surface area contributed by atoms with Crippen LogP contribution < -0.4 is 19.7 Å². The molecule has 0 saturated carbocycles. The first-order chi connectivity index (χ1) is 12.4. The van der Waals surface area contributed by atoms with Crippen LogP contribution in [0.5, 0.6) is 11.5 Å². The van der Waals surface area contributed by atoms with Gasteiger partial charge in [0.05, 0.1) is 12.7 Å². The van der Waals surface area contributed by atoms with Gasteiger partial charge in [0.15, 0.2) is 35.0 Å². The maximum absolute atomic E-state index is 13.7. The number of quaternary nitrogens is 1. The molecular weight excluding hydrogens is 349 g/mol. The molecule has 0 spiro atoms. The maximum atomic E-state index is 13.7. The van der Waals surface area contributed by atoms with Crippen LogP contribution in [0, 0.1) is 17.5 Å². The number of hydrogen-bond acceptors (Lipinski definition) is 3. The largest absolute Gasteiger partial charge is 0.454 e. The first-order valence-electron chi connectivity index (χ1n) is 8.02. The van der Waals surface area contributed by atoms with Crippen LogP contribution >= 0.6 is 0 Å². The first-order valence-corrected chi connectivity index (χ1v) is 8.02. The fraction of sp³-hybridized carbons (Fsp3) is 0.278. The molecule has 0 saturated heterocycles. The molecule has 2 aromatic carbocycles. The van der Waals surface area contributed by atoms with E-state index in [1.807, 2.05) is 12.1 Å². The van der Waals surface area contributed by atoms with Crippen LogP contribution in [0.4, 0.5) is 18.9 Å². The summed E-state index contributed by atoms with van der Waals surface area (Å²) in [6, 6.07) is 6.70. The average molecular weight is 367 g/mol. The fourth-order valence-electron chi connectivity index (χ4n) is 2.61. The Kier molecular flexibility index (Phi) is 5.03. The van der Waals surface area contributed by atoms with Gasteiger partial charge in [-0.25, -0.2) is 13.2 Å². The maximum Gasteiger partial charge on any atom is 0.282 e. The summed E-state index contributed by atoms with van der Waals surface area (Å²) in [5.74, 6) is -3.52. The highest BCUT2D eigenvalue weighted by molar-refractivity contribution is 5.93. The number of benzene rings is 2. The van der Waals surface area contributed by atoms with Gasteiger partial charge in [-0.1, -0.05) is 0 Å². The summed E-state index contributed by atoms with van der Waals surface area (Å²) in [5, 5.41) is 2.30. The summed E-state index contributed by atoms with van der Waals surface area (Å²) in [6.07, 6.45) is 0. The predicted molar refractivity (Wildman–Crippen MR) is 87.6 cm³/mol. The van der Waals surface area contributed by atoms with Crippen molar-refractivity contribution in [3.8, 4) is 11.5 Å². The zero-order valence-corrected chi connectivity index (χ0v) is 14.2. The molecule has 0 radical (unpaired) electrons. The summed E-state index contributed by atoms with van der Waals surface area (Å²) in [6.45, 7) is 2.35. The highest BCUT2D eigenvalue weighted by atomic mass is 19.2. The lowest BCUT2D eigenvalue weighted by molar-refractivity contribution is -0.907. The Morgan fingerprint density at radius 2 is 1.88 bits per heavy atom. The Balaban J connectivity index is 1.65. The third kappa shape index (κ3) is 3.60. The SMILES string of the molecule is C[C@H](C(=O)Nc1ccc(F)c(F)c1F)[NH+](C)Cc1ccc2c(c1)OCO2. The molecule has 2 aromatic rings. The van der Waals surface area contributed by atoms with Crippen molar-refractivity contribution in [3.05, 3.63) is 53.3 Å². The highest BCUT2D eigenvalue weighted by Gasteiger charge is 2.25. The van der Waals surface area contributed by atoms with Crippen molar-refractivity contribution in [3.63, 3.8) is 0 Å². The van der Waals surface area contributed by atoms with Gasteiger partial charge < -0.3 is 19.7 Å². The second kappa shape index (κ2) is 7.25. The number of likely N-dealkylation sites (N-methyl/N-ethyl adjacent to an activating group) is 1. The van der Waals surface area contributed by atoms with E-state index >= 15 is 0 Å². The number of nitrogens with one attached hydrogen (secondary N) is 2. The van der Waals surface area contributed by atoms with Gasteiger partial charge in [0.2, 0.25) is 6.79 Å². The molecule has 3 rings (SSSR count). The molecule has 1 heterocycles. The molecule has 8 heteroatoms. The number of amides is 1. The van der Waals surface area contributed by atoms with Crippen molar-refractivity contribution in [2.24, 2.45) is 0 Å². The third-order valence-corrected chi connectivity index (χ3v) is 4.35. The standard InChI is InChI=1S/C18H17F3N2O3/c1-10(18(24)22-13-5-4-12(19)16(20)17(13)21)23(2)8-11-3-6-14-15(7-11)26-9-25-14/h3-7,10H,8-9H2,1-2H3,(H,22,24)/p+1/t10-/m1/s1. The van der Waals surface area contributed by atoms with E-state index in [2.05, 4.69) is 5.32 Å². The Hall–Kier alpha value is -2.74. The number of carbonyl (C=O) groups excluding carboxylic acids is 1. The minimum absolute atomic E-state index is 0.181. The molecule has 1 unspecified atom stereocenters. The smallest absolute Gasteiger partial charge is 0.282 e. The molecule has 138 valence electrons. The first kappa shape index (κ1) is 18.1. The summed E-state index contributed by atoms with van der Waals surface area (Å²) in [4.78, 5) is 13.1. The van der Waals surface area contributed by atoms with E-state index in [9.17, 15) is 18.0 Å². The molecule has 0 aliphatic carbocycles. The molecule has 1 amide bonds. The van der Waals surface area contributed by atoms with Crippen molar-refractivity contribution < 1.29 is 32.3 Å². The average Bonchev–Trinajstić information content (AvgIpc) is 3.09. The van der Waals surface area contributed by atoms with Crippen LogP contribution in [-0.4, -0.2) is 25.8 Å². The van der Waals surface area contributed by atoms with Crippen LogP contribution in [0.1, 0.15) is 12.5 Å². The van der Waals surface area contributed by atoms with Gasteiger partial charge in [0.25, 0.3) is 5.91 Å². The van der Waals surface area contributed by atoms with Crippen molar-refractivity contribution in [1.29, 1.82) is 0 Å². The summed E-state index contributed by atoms with van der Waals surface area (Å²) in [7, 11) is 1.80. The van der Waals surface area contributed by atoms with E-state index in [0.717, 1.165) is 22.6 Å². The fourth-order valence-corrected chi connectivity index (χ4v) is 2.61. The number of halogens is 3. The van der Waals surface area contributed by atoms with E-state index in [1.54, 1.807) is 20.0 Å². The van der Waals surface area contributed by atoms with Crippen LogP contribution in [0.2, 0.25) is 0 Å². The third-order valence-electron chi connectivity index (χ3n) is 4.35. The number of fused-ring (bicyclic) bond motifs is 1. The Labute approximate surface area is 148 Å². The second-order valence-electron chi connectivity index (χ2n) is 6.14. The second-order valence-corrected chi connectivity index (χ2v) is 6.14. The lowest BCUT2D eigenvalue weighted by Gasteiger charge is -2.21. The molecule has 0 aromatic heterocycles. The number of ether oxygens (including phenoxy) is 2. The molecule has 0 bridgehead atoms. The van der Waals surface area contributed by atoms with Gasteiger partial charge in [-0.2, -0.15) is 0 Å². The quantitative estimate of drug-likeness (QED) is 0.794. The van der Waals surface area contributed by atoms with Crippen molar-refractivity contribution in [2.75, 3.05) is 19.2 Å². The summed E-state index contributed by atoms with van der Waals surface area (Å²) in [5.41, 5.74) is 0.544. The van der Waals surface area contributed by atoms with Crippen LogP contribution in [0.15, 0.2) is 30.3 Å². The van der Waals surface area contributed by atoms with E-state index in [-0.39, 0.29) is 6.79 Å². The van der Waals surface area contributed by atoms with E-state index < -0.39 is 35.1 Å². The zero-order valence-electron chi connectivity index (χ0n) is 14.2. The summed E-state index contributed by atoms with van der Waals surface area (Å²) >= 11 is 0. The normalized spacial score (nSPS) is 14.8. The van der Waals surface area contributed by atoms with Gasteiger partial charge in [-0.15, -0.1) is 0 Å². The molecule has 2 N–H and O–H groups in total. The monoisotopic (exact) mass is 367 g/mol. The Bertz CT molecular complexity index is 845. The molecule has 5 nitrogen and oxygen atoms in total. The van der Waals surface area contributed by atoms with Gasteiger partial charge >= 0.3 is 0 Å². The van der Waals surface area contributed by atoms with Crippen LogP contribution in [-0.2, 0) is 11.3 Å². The molecular formula is C18H18F3N2O3+. The van der Waals surface area contributed by atoms with Crippen molar-refractivity contribution in [1.82, 2.24) is 0 Å². The van der Waals surface area contributed by atoms with Gasteiger partial charge in [-0.05, 0) is 37.3 Å². The van der Waals surface area contributed by atoms with Gasteiger partial charge in [0.1, 0.15) is 6.54 Å². The van der Waals surface area contributed by atoms with E-state index in [1.165, 1.54) is 0 Å². The molecule has 1 aliphatic rings.